The summed E-state index contributed by atoms with van der Waals surface area (Å²) in [6.07, 6.45) is 1.07. The SMILES string of the molecule is CC[C@H](C)NC(=O)CCN(Cc1ccccc1)C(=O)c1csc(Nc2cccc(Cl)c2Cl)n1. The van der Waals surface area contributed by atoms with E-state index in [4.69, 9.17) is 23.2 Å². The van der Waals surface area contributed by atoms with E-state index in [-0.39, 0.29) is 30.8 Å². The Kier molecular flexibility index (Phi) is 9.11. The lowest BCUT2D eigenvalue weighted by molar-refractivity contribution is -0.121. The van der Waals surface area contributed by atoms with Crippen LogP contribution in [0, 0.1) is 0 Å². The van der Waals surface area contributed by atoms with Crippen LogP contribution in [-0.2, 0) is 11.3 Å². The van der Waals surface area contributed by atoms with Gasteiger partial charge in [0.05, 0.1) is 15.7 Å². The molecule has 0 spiro atoms. The van der Waals surface area contributed by atoms with Gasteiger partial charge in [0.15, 0.2) is 5.13 Å². The normalized spacial score (nSPS) is 11.6. The molecular weight excluding hydrogens is 479 g/mol. The Bertz CT molecular complexity index is 1090. The van der Waals surface area contributed by atoms with E-state index in [1.165, 1.54) is 11.3 Å². The maximum absolute atomic E-state index is 13.3. The van der Waals surface area contributed by atoms with Crippen molar-refractivity contribution in [1.29, 1.82) is 0 Å². The summed E-state index contributed by atoms with van der Waals surface area (Å²) in [5.74, 6) is -0.317. The number of aromatic nitrogens is 1. The fourth-order valence-corrected chi connectivity index (χ4v) is 4.09. The molecule has 1 atom stereocenters. The first-order chi connectivity index (χ1) is 15.9. The molecule has 2 amide bonds. The quantitative estimate of drug-likeness (QED) is 0.347. The molecule has 3 rings (SSSR count). The Morgan fingerprint density at radius 3 is 2.61 bits per heavy atom. The number of nitrogens with zero attached hydrogens (tertiary/aromatic N) is 2. The van der Waals surface area contributed by atoms with Gasteiger partial charge in [-0.25, -0.2) is 4.98 Å². The largest absolute Gasteiger partial charge is 0.354 e. The maximum Gasteiger partial charge on any atom is 0.273 e. The third-order valence-corrected chi connectivity index (χ3v) is 6.63. The molecule has 33 heavy (non-hydrogen) atoms. The summed E-state index contributed by atoms with van der Waals surface area (Å²) in [5.41, 5.74) is 1.90. The van der Waals surface area contributed by atoms with Gasteiger partial charge in [0.2, 0.25) is 5.91 Å². The van der Waals surface area contributed by atoms with Crippen LogP contribution in [0.5, 0.6) is 0 Å². The van der Waals surface area contributed by atoms with Gasteiger partial charge < -0.3 is 15.5 Å². The highest BCUT2D eigenvalue weighted by Gasteiger charge is 2.21. The fourth-order valence-electron chi connectivity index (χ4n) is 3.05. The van der Waals surface area contributed by atoms with Crippen LogP contribution in [0.15, 0.2) is 53.9 Å². The van der Waals surface area contributed by atoms with Crippen molar-refractivity contribution in [3.8, 4) is 0 Å². The fraction of sp³-hybridized carbons (Fsp3) is 0.292. The van der Waals surface area contributed by atoms with Crippen molar-refractivity contribution in [3.63, 3.8) is 0 Å². The summed E-state index contributed by atoms with van der Waals surface area (Å²) >= 11 is 13.6. The summed E-state index contributed by atoms with van der Waals surface area (Å²) in [5, 5.41) is 9.09. The molecule has 1 aromatic heterocycles. The van der Waals surface area contributed by atoms with Gasteiger partial charge >= 0.3 is 0 Å². The van der Waals surface area contributed by atoms with E-state index >= 15 is 0 Å². The molecule has 0 unspecified atom stereocenters. The second-order valence-electron chi connectivity index (χ2n) is 7.60. The predicted octanol–water partition coefficient (Wildman–Crippen LogP) is 6.14. The molecule has 0 fully saturated rings. The first-order valence-electron chi connectivity index (χ1n) is 10.7. The van der Waals surface area contributed by atoms with Gasteiger partial charge in [0.1, 0.15) is 5.69 Å². The lowest BCUT2D eigenvalue weighted by Crippen LogP contribution is -2.37. The number of rotatable bonds is 10. The number of benzene rings is 2. The minimum Gasteiger partial charge on any atom is -0.354 e. The maximum atomic E-state index is 13.3. The summed E-state index contributed by atoms with van der Waals surface area (Å²) in [4.78, 5) is 31.7. The molecule has 3 aromatic rings. The Balaban J connectivity index is 1.73. The predicted molar refractivity (Wildman–Crippen MR) is 136 cm³/mol. The van der Waals surface area contributed by atoms with Gasteiger partial charge in [0.25, 0.3) is 5.91 Å². The van der Waals surface area contributed by atoms with Gasteiger partial charge in [-0.15, -0.1) is 11.3 Å². The monoisotopic (exact) mass is 504 g/mol. The molecule has 0 aliphatic carbocycles. The molecule has 0 radical (unpaired) electrons. The minimum atomic E-state index is -0.239. The number of amides is 2. The van der Waals surface area contributed by atoms with Gasteiger partial charge in [0, 0.05) is 30.9 Å². The van der Waals surface area contributed by atoms with Crippen LogP contribution in [0.3, 0.4) is 0 Å². The zero-order chi connectivity index (χ0) is 23.8. The van der Waals surface area contributed by atoms with E-state index in [0.29, 0.717) is 33.1 Å². The number of halogens is 2. The summed E-state index contributed by atoms with van der Waals surface area (Å²) in [6.45, 7) is 4.65. The standard InChI is InChI=1S/C24H26Cl2N4O2S/c1-3-16(2)27-21(31)12-13-30(14-17-8-5-4-6-9-17)23(32)20-15-33-24(29-20)28-19-11-7-10-18(25)22(19)26/h4-11,15-16H,3,12-14H2,1-2H3,(H,27,31)(H,28,29)/t16-/m0/s1. The molecular formula is C24H26Cl2N4O2S. The minimum absolute atomic E-state index is 0.0774. The van der Waals surface area contributed by atoms with Crippen molar-refractivity contribution in [3.05, 3.63) is 75.2 Å². The zero-order valence-electron chi connectivity index (χ0n) is 18.5. The van der Waals surface area contributed by atoms with Crippen molar-refractivity contribution in [2.75, 3.05) is 11.9 Å². The molecule has 0 saturated heterocycles. The van der Waals surface area contributed by atoms with Crippen molar-refractivity contribution >= 4 is 57.2 Å². The average Bonchev–Trinajstić information content (AvgIpc) is 3.28. The number of hydrogen-bond acceptors (Lipinski definition) is 5. The topological polar surface area (TPSA) is 74.3 Å². The molecule has 0 bridgehead atoms. The first-order valence-corrected chi connectivity index (χ1v) is 12.3. The Morgan fingerprint density at radius 2 is 1.88 bits per heavy atom. The van der Waals surface area contributed by atoms with E-state index < -0.39 is 0 Å². The van der Waals surface area contributed by atoms with Gasteiger partial charge in [-0.1, -0.05) is 66.5 Å². The third-order valence-electron chi connectivity index (χ3n) is 5.05. The molecule has 0 saturated carbocycles. The highest BCUT2D eigenvalue weighted by atomic mass is 35.5. The van der Waals surface area contributed by atoms with Crippen LogP contribution in [0.1, 0.15) is 42.7 Å². The first kappa shape index (κ1) is 25.0. The highest BCUT2D eigenvalue weighted by molar-refractivity contribution is 7.14. The smallest absolute Gasteiger partial charge is 0.273 e. The molecule has 9 heteroatoms. The van der Waals surface area contributed by atoms with E-state index in [0.717, 1.165) is 12.0 Å². The Hall–Kier alpha value is -2.61. The number of carbonyl (C=O) groups excluding carboxylic acids is 2. The van der Waals surface area contributed by atoms with Crippen LogP contribution in [-0.4, -0.2) is 34.3 Å². The van der Waals surface area contributed by atoms with Gasteiger partial charge in [-0.3, -0.25) is 9.59 Å². The lowest BCUT2D eigenvalue weighted by Gasteiger charge is -2.22. The van der Waals surface area contributed by atoms with E-state index in [1.807, 2.05) is 44.2 Å². The summed E-state index contributed by atoms with van der Waals surface area (Å²) in [6, 6.07) is 15.0. The number of carbonyl (C=O) groups is 2. The van der Waals surface area contributed by atoms with Gasteiger partial charge in [-0.05, 0) is 31.0 Å². The van der Waals surface area contributed by atoms with Crippen molar-refractivity contribution in [2.24, 2.45) is 0 Å². The van der Waals surface area contributed by atoms with E-state index in [9.17, 15) is 9.59 Å². The van der Waals surface area contributed by atoms with Crippen molar-refractivity contribution in [2.45, 2.75) is 39.3 Å². The van der Waals surface area contributed by atoms with Crippen LogP contribution < -0.4 is 10.6 Å². The van der Waals surface area contributed by atoms with Crippen LogP contribution in [0.25, 0.3) is 0 Å². The molecule has 174 valence electrons. The Labute approximate surface area is 207 Å². The molecule has 0 aliphatic rings. The second-order valence-corrected chi connectivity index (χ2v) is 9.25. The van der Waals surface area contributed by atoms with Crippen molar-refractivity contribution < 1.29 is 9.59 Å². The molecule has 6 nitrogen and oxygen atoms in total. The number of hydrogen-bond donors (Lipinski definition) is 2. The second kappa shape index (κ2) is 12.0. The Morgan fingerprint density at radius 1 is 1.12 bits per heavy atom. The summed E-state index contributed by atoms with van der Waals surface area (Å²) < 4.78 is 0. The number of thiazole rings is 1. The average molecular weight is 505 g/mol. The highest BCUT2D eigenvalue weighted by Crippen LogP contribution is 2.32. The summed E-state index contributed by atoms with van der Waals surface area (Å²) in [7, 11) is 0. The lowest BCUT2D eigenvalue weighted by atomic mass is 10.2. The zero-order valence-corrected chi connectivity index (χ0v) is 20.8. The number of anilines is 2. The van der Waals surface area contributed by atoms with Gasteiger partial charge in [-0.2, -0.15) is 0 Å². The third kappa shape index (κ3) is 7.19. The van der Waals surface area contributed by atoms with Crippen LogP contribution in [0.4, 0.5) is 10.8 Å². The van der Waals surface area contributed by atoms with Crippen LogP contribution >= 0.6 is 34.5 Å². The molecule has 2 N–H and O–H groups in total. The molecule has 0 aliphatic heterocycles. The number of nitrogens with one attached hydrogen (secondary N) is 2. The van der Waals surface area contributed by atoms with E-state index in [1.54, 1.807) is 28.5 Å². The van der Waals surface area contributed by atoms with E-state index in [2.05, 4.69) is 15.6 Å². The van der Waals surface area contributed by atoms with Crippen LogP contribution in [0.2, 0.25) is 10.0 Å². The van der Waals surface area contributed by atoms with Crippen molar-refractivity contribution in [1.82, 2.24) is 15.2 Å². The molecule has 1 heterocycles. The molecule has 2 aromatic carbocycles.